The Morgan fingerprint density at radius 2 is 2.17 bits per heavy atom. The van der Waals surface area contributed by atoms with Gasteiger partial charge in [-0.25, -0.2) is 0 Å². The number of nitrogens with one attached hydrogen (secondary N) is 2. The lowest BCUT2D eigenvalue weighted by Gasteiger charge is -2.23. The second kappa shape index (κ2) is 8.85. The van der Waals surface area contributed by atoms with Gasteiger partial charge in [-0.15, -0.1) is 24.0 Å². The van der Waals surface area contributed by atoms with Crippen LogP contribution in [-0.4, -0.2) is 50.6 Å². The first kappa shape index (κ1) is 20.0. The van der Waals surface area contributed by atoms with Gasteiger partial charge in [0.2, 0.25) is 0 Å². The molecule has 1 aromatic rings. The lowest BCUT2D eigenvalue weighted by atomic mass is 9.96. The monoisotopic (exact) mass is 506 g/mol. The van der Waals surface area contributed by atoms with Crippen molar-refractivity contribution in [1.82, 2.24) is 15.5 Å². The fraction of sp³-hybridized carbons (Fsp3) is 0.611. The van der Waals surface area contributed by atoms with Gasteiger partial charge >= 0.3 is 0 Å². The van der Waals surface area contributed by atoms with Crippen molar-refractivity contribution in [1.29, 1.82) is 0 Å². The van der Waals surface area contributed by atoms with Crippen molar-refractivity contribution in [3.8, 4) is 0 Å². The highest BCUT2D eigenvalue weighted by atomic mass is 127. The van der Waals surface area contributed by atoms with Crippen LogP contribution in [0.2, 0.25) is 0 Å². The molecule has 24 heavy (non-hydrogen) atoms. The number of likely N-dealkylation sites (tertiary alicyclic amines) is 1. The van der Waals surface area contributed by atoms with Gasteiger partial charge in [-0.05, 0) is 57.0 Å². The van der Waals surface area contributed by atoms with Gasteiger partial charge in [-0.2, -0.15) is 0 Å². The summed E-state index contributed by atoms with van der Waals surface area (Å²) in [5.74, 6) is 0.923. The summed E-state index contributed by atoms with van der Waals surface area (Å²) in [5, 5.41) is 7.03. The number of rotatable bonds is 5. The molecular formula is C18H28BrIN4. The fourth-order valence-electron chi connectivity index (χ4n) is 3.46. The normalized spacial score (nSPS) is 22.8. The zero-order valence-electron chi connectivity index (χ0n) is 14.5. The van der Waals surface area contributed by atoms with E-state index in [-0.39, 0.29) is 29.4 Å². The molecule has 1 aliphatic carbocycles. The minimum atomic E-state index is 0. The first-order valence-corrected chi connectivity index (χ1v) is 9.33. The Balaban J connectivity index is 0.00000208. The van der Waals surface area contributed by atoms with E-state index in [1.165, 1.54) is 37.8 Å². The Kier molecular flexibility index (Phi) is 7.37. The molecule has 134 valence electrons. The molecular weight excluding hydrogens is 479 g/mol. The Hall–Kier alpha value is -0.340. The van der Waals surface area contributed by atoms with Crippen molar-refractivity contribution in [2.24, 2.45) is 4.99 Å². The topological polar surface area (TPSA) is 39.7 Å². The molecule has 2 N–H and O–H groups in total. The third kappa shape index (κ3) is 4.85. The van der Waals surface area contributed by atoms with Gasteiger partial charge in [0.25, 0.3) is 0 Å². The molecule has 4 nitrogen and oxygen atoms in total. The van der Waals surface area contributed by atoms with Crippen LogP contribution >= 0.6 is 39.9 Å². The number of likely N-dealkylation sites (N-methyl/N-ethyl adjacent to an activating group) is 1. The molecule has 0 spiro atoms. The molecule has 1 heterocycles. The molecule has 0 radical (unpaired) electrons. The summed E-state index contributed by atoms with van der Waals surface area (Å²) >= 11 is 3.58. The van der Waals surface area contributed by atoms with Crippen LogP contribution in [0.4, 0.5) is 0 Å². The lowest BCUT2D eigenvalue weighted by Crippen LogP contribution is -2.45. The van der Waals surface area contributed by atoms with Crippen molar-refractivity contribution in [3.05, 3.63) is 34.3 Å². The predicted molar refractivity (Wildman–Crippen MR) is 115 cm³/mol. The Morgan fingerprint density at radius 1 is 1.38 bits per heavy atom. The van der Waals surface area contributed by atoms with Crippen LogP contribution in [0.15, 0.2) is 33.7 Å². The second-order valence-corrected chi connectivity index (χ2v) is 7.79. The third-order valence-corrected chi connectivity index (χ3v) is 5.78. The predicted octanol–water partition coefficient (Wildman–Crippen LogP) is 3.36. The molecule has 1 saturated carbocycles. The summed E-state index contributed by atoms with van der Waals surface area (Å²) in [6, 6.07) is 9.34. The van der Waals surface area contributed by atoms with Gasteiger partial charge < -0.3 is 15.5 Å². The van der Waals surface area contributed by atoms with Gasteiger partial charge in [-0.3, -0.25) is 4.99 Å². The number of halogens is 2. The van der Waals surface area contributed by atoms with E-state index in [9.17, 15) is 0 Å². The molecule has 1 saturated heterocycles. The quantitative estimate of drug-likeness (QED) is 0.365. The fourth-order valence-corrected chi connectivity index (χ4v) is 3.86. The van der Waals surface area contributed by atoms with Crippen molar-refractivity contribution in [3.63, 3.8) is 0 Å². The number of aliphatic imine (C=N–C) groups is 1. The van der Waals surface area contributed by atoms with Crippen LogP contribution in [-0.2, 0) is 5.41 Å². The Labute approximate surface area is 171 Å². The van der Waals surface area contributed by atoms with Crippen molar-refractivity contribution >= 4 is 45.9 Å². The molecule has 2 aliphatic rings. The second-order valence-electron chi connectivity index (χ2n) is 6.87. The average Bonchev–Trinajstić information content (AvgIpc) is 3.24. The van der Waals surface area contributed by atoms with E-state index in [1.54, 1.807) is 0 Å². The van der Waals surface area contributed by atoms with Gasteiger partial charge in [0, 0.05) is 36.1 Å². The Morgan fingerprint density at radius 3 is 2.75 bits per heavy atom. The standard InChI is InChI=1S/C18H27BrN4.HI/c1-20-17(21-12-16-7-4-10-23(16)2)22-13-18(8-9-18)14-5-3-6-15(19)11-14;/h3,5-6,11,16H,4,7-10,12-13H2,1-2H3,(H2,20,21,22);1H. The van der Waals surface area contributed by atoms with Crippen LogP contribution in [0, 0.1) is 0 Å². The number of hydrogen-bond donors (Lipinski definition) is 2. The maximum atomic E-state index is 4.38. The molecule has 3 rings (SSSR count). The molecule has 1 aromatic carbocycles. The summed E-state index contributed by atoms with van der Waals surface area (Å²) < 4.78 is 1.16. The molecule has 2 fully saturated rings. The van der Waals surface area contributed by atoms with E-state index >= 15 is 0 Å². The van der Waals surface area contributed by atoms with Gasteiger partial charge in [-0.1, -0.05) is 28.1 Å². The SMILES string of the molecule is CN=C(NCC1CCCN1C)NCC1(c2cccc(Br)c2)CC1.I. The largest absolute Gasteiger partial charge is 0.356 e. The summed E-state index contributed by atoms with van der Waals surface area (Å²) in [6.45, 7) is 3.13. The zero-order valence-corrected chi connectivity index (χ0v) is 18.4. The van der Waals surface area contributed by atoms with Crippen molar-refractivity contribution in [2.75, 3.05) is 33.7 Å². The van der Waals surface area contributed by atoms with Crippen molar-refractivity contribution in [2.45, 2.75) is 37.1 Å². The van der Waals surface area contributed by atoms with E-state index in [1.807, 2.05) is 7.05 Å². The highest BCUT2D eigenvalue weighted by molar-refractivity contribution is 14.0. The van der Waals surface area contributed by atoms with Gasteiger partial charge in [0.1, 0.15) is 0 Å². The maximum Gasteiger partial charge on any atom is 0.191 e. The summed E-state index contributed by atoms with van der Waals surface area (Å²) in [5.41, 5.74) is 1.70. The first-order valence-electron chi connectivity index (χ1n) is 8.54. The maximum absolute atomic E-state index is 4.38. The lowest BCUT2D eigenvalue weighted by molar-refractivity contribution is 0.309. The number of nitrogens with zero attached hydrogens (tertiary/aromatic N) is 2. The first-order chi connectivity index (χ1) is 11.1. The molecule has 0 aromatic heterocycles. The van der Waals surface area contributed by atoms with Gasteiger partial charge in [0.05, 0.1) is 0 Å². The highest BCUT2D eigenvalue weighted by Gasteiger charge is 2.44. The average molecular weight is 507 g/mol. The van der Waals surface area contributed by atoms with Crippen LogP contribution in [0.25, 0.3) is 0 Å². The molecule has 1 aliphatic heterocycles. The number of guanidine groups is 1. The van der Waals surface area contributed by atoms with E-state index in [0.717, 1.165) is 23.5 Å². The van der Waals surface area contributed by atoms with E-state index in [4.69, 9.17) is 0 Å². The smallest absolute Gasteiger partial charge is 0.191 e. The van der Waals surface area contributed by atoms with Crippen molar-refractivity contribution < 1.29 is 0 Å². The molecule has 6 heteroatoms. The van der Waals surface area contributed by atoms with Crippen LogP contribution in [0.3, 0.4) is 0 Å². The third-order valence-electron chi connectivity index (χ3n) is 5.29. The summed E-state index contributed by atoms with van der Waals surface area (Å²) in [6.07, 6.45) is 5.08. The van der Waals surface area contributed by atoms with E-state index in [0.29, 0.717) is 6.04 Å². The minimum absolute atomic E-state index is 0. The van der Waals surface area contributed by atoms with Crippen LogP contribution in [0.5, 0.6) is 0 Å². The zero-order chi connectivity index (χ0) is 16.3. The molecule has 0 amide bonds. The summed E-state index contributed by atoms with van der Waals surface area (Å²) in [4.78, 5) is 6.82. The highest BCUT2D eigenvalue weighted by Crippen LogP contribution is 2.48. The molecule has 1 unspecified atom stereocenters. The van der Waals surface area contributed by atoms with E-state index in [2.05, 4.69) is 67.8 Å². The molecule has 0 bridgehead atoms. The molecule has 1 atom stereocenters. The minimum Gasteiger partial charge on any atom is -0.356 e. The Bertz CT molecular complexity index is 574. The van der Waals surface area contributed by atoms with Crippen LogP contribution < -0.4 is 10.6 Å². The van der Waals surface area contributed by atoms with Gasteiger partial charge in [0.15, 0.2) is 5.96 Å². The summed E-state index contributed by atoms with van der Waals surface area (Å²) in [7, 11) is 4.06. The van der Waals surface area contributed by atoms with Crippen LogP contribution in [0.1, 0.15) is 31.2 Å². The number of benzene rings is 1. The van der Waals surface area contributed by atoms with E-state index < -0.39 is 0 Å². The number of hydrogen-bond acceptors (Lipinski definition) is 2.